The van der Waals surface area contributed by atoms with Crippen LogP contribution in [0.1, 0.15) is 25.0 Å². The molecule has 0 amide bonds. The van der Waals surface area contributed by atoms with Crippen molar-refractivity contribution >= 4 is 16.3 Å². The maximum atomic E-state index is 4.66. The van der Waals surface area contributed by atoms with Crippen LogP contribution in [-0.4, -0.2) is 22.5 Å². The quantitative estimate of drug-likeness (QED) is 0.884. The maximum Gasteiger partial charge on any atom is 0.193 e. The van der Waals surface area contributed by atoms with Crippen molar-refractivity contribution in [1.29, 1.82) is 0 Å². The zero-order chi connectivity index (χ0) is 11.0. The van der Waals surface area contributed by atoms with E-state index in [4.69, 9.17) is 0 Å². The Hall–Kier alpha value is -0.870. The van der Waals surface area contributed by atoms with Gasteiger partial charge in [0.25, 0.3) is 0 Å². The summed E-state index contributed by atoms with van der Waals surface area (Å²) >= 11 is 1.71. The zero-order valence-electron chi connectivity index (χ0n) is 9.52. The molecule has 1 aliphatic rings. The number of imidazole rings is 1. The highest BCUT2D eigenvalue weighted by Crippen LogP contribution is 2.28. The Morgan fingerprint density at radius 2 is 2.50 bits per heavy atom. The Bertz CT molecular complexity index is 445. The zero-order valence-corrected chi connectivity index (χ0v) is 10.3. The molecule has 0 aliphatic heterocycles. The molecule has 1 fully saturated rings. The SMILES string of the molecule is CNC1CCCC1Cc1cn2ccsc2n1. The number of nitrogens with zero attached hydrogens (tertiary/aromatic N) is 2. The van der Waals surface area contributed by atoms with Gasteiger partial charge in [0.1, 0.15) is 0 Å². The largest absolute Gasteiger partial charge is 0.317 e. The smallest absolute Gasteiger partial charge is 0.193 e. The van der Waals surface area contributed by atoms with Gasteiger partial charge in [-0.15, -0.1) is 11.3 Å². The van der Waals surface area contributed by atoms with E-state index in [0.29, 0.717) is 6.04 Å². The molecule has 2 unspecified atom stereocenters. The summed E-state index contributed by atoms with van der Waals surface area (Å²) in [5.41, 5.74) is 1.25. The predicted octanol–water partition coefficient (Wildman–Crippen LogP) is 2.33. The van der Waals surface area contributed by atoms with Crippen molar-refractivity contribution in [3.63, 3.8) is 0 Å². The third-order valence-electron chi connectivity index (χ3n) is 3.64. The number of hydrogen-bond acceptors (Lipinski definition) is 3. The molecule has 2 aromatic heterocycles. The summed E-state index contributed by atoms with van der Waals surface area (Å²) in [6, 6.07) is 0.694. The minimum absolute atomic E-state index is 0.694. The molecule has 2 atom stereocenters. The Balaban J connectivity index is 1.76. The molecule has 2 heterocycles. The van der Waals surface area contributed by atoms with Crippen LogP contribution in [0.2, 0.25) is 0 Å². The monoisotopic (exact) mass is 235 g/mol. The second kappa shape index (κ2) is 4.18. The molecule has 3 nitrogen and oxygen atoms in total. The molecule has 0 saturated heterocycles. The van der Waals surface area contributed by atoms with Gasteiger partial charge in [-0.2, -0.15) is 0 Å². The van der Waals surface area contributed by atoms with Crippen molar-refractivity contribution in [2.24, 2.45) is 5.92 Å². The molecular formula is C12H17N3S. The molecular weight excluding hydrogens is 218 g/mol. The lowest BCUT2D eigenvalue weighted by molar-refractivity contribution is 0.421. The van der Waals surface area contributed by atoms with Gasteiger partial charge in [-0.25, -0.2) is 4.98 Å². The lowest BCUT2D eigenvalue weighted by atomic mass is 9.98. The summed E-state index contributed by atoms with van der Waals surface area (Å²) in [7, 11) is 2.08. The van der Waals surface area contributed by atoms with Crippen LogP contribution in [0, 0.1) is 5.92 Å². The topological polar surface area (TPSA) is 29.3 Å². The molecule has 4 heteroatoms. The number of rotatable bonds is 3. The van der Waals surface area contributed by atoms with Crippen LogP contribution in [0.4, 0.5) is 0 Å². The first-order valence-electron chi connectivity index (χ1n) is 5.95. The number of fused-ring (bicyclic) bond motifs is 1. The maximum absolute atomic E-state index is 4.66. The normalized spacial score (nSPS) is 25.6. The van der Waals surface area contributed by atoms with Crippen molar-refractivity contribution in [2.45, 2.75) is 31.7 Å². The summed E-state index contributed by atoms with van der Waals surface area (Å²) < 4.78 is 2.13. The van der Waals surface area contributed by atoms with Gasteiger partial charge < -0.3 is 5.32 Å². The predicted molar refractivity (Wildman–Crippen MR) is 67.0 cm³/mol. The average molecular weight is 235 g/mol. The number of hydrogen-bond donors (Lipinski definition) is 1. The standard InChI is InChI=1S/C12H17N3S/c1-13-11-4-2-3-9(11)7-10-8-15-5-6-16-12(15)14-10/h5-6,8-9,11,13H,2-4,7H2,1H3. The van der Waals surface area contributed by atoms with E-state index in [9.17, 15) is 0 Å². The highest BCUT2D eigenvalue weighted by molar-refractivity contribution is 7.15. The minimum atomic E-state index is 0.694. The van der Waals surface area contributed by atoms with Gasteiger partial charge in [-0.1, -0.05) is 6.42 Å². The first-order valence-corrected chi connectivity index (χ1v) is 6.83. The van der Waals surface area contributed by atoms with Crippen LogP contribution in [-0.2, 0) is 6.42 Å². The van der Waals surface area contributed by atoms with E-state index in [1.54, 1.807) is 11.3 Å². The van der Waals surface area contributed by atoms with E-state index in [0.717, 1.165) is 17.3 Å². The van der Waals surface area contributed by atoms with Gasteiger partial charge in [0.2, 0.25) is 0 Å². The first-order chi connectivity index (χ1) is 7.86. The fourth-order valence-electron chi connectivity index (χ4n) is 2.80. The molecule has 0 spiro atoms. The lowest BCUT2D eigenvalue weighted by Crippen LogP contribution is -2.30. The summed E-state index contributed by atoms with van der Waals surface area (Å²) in [4.78, 5) is 5.78. The van der Waals surface area contributed by atoms with Crippen molar-refractivity contribution in [1.82, 2.24) is 14.7 Å². The lowest BCUT2D eigenvalue weighted by Gasteiger charge is -2.17. The van der Waals surface area contributed by atoms with Gasteiger partial charge in [0.05, 0.1) is 5.69 Å². The molecule has 0 aromatic carbocycles. The molecule has 86 valence electrons. The molecule has 2 aromatic rings. The van der Waals surface area contributed by atoms with Gasteiger partial charge in [0, 0.05) is 23.8 Å². The van der Waals surface area contributed by atoms with Gasteiger partial charge >= 0.3 is 0 Å². The summed E-state index contributed by atoms with van der Waals surface area (Å²) in [5, 5.41) is 5.51. The molecule has 1 saturated carbocycles. The fraction of sp³-hybridized carbons (Fsp3) is 0.583. The van der Waals surface area contributed by atoms with Crippen LogP contribution >= 0.6 is 11.3 Å². The Morgan fingerprint density at radius 1 is 1.56 bits per heavy atom. The average Bonchev–Trinajstić information content (AvgIpc) is 2.92. The second-order valence-electron chi connectivity index (χ2n) is 4.62. The van der Waals surface area contributed by atoms with Crippen molar-refractivity contribution < 1.29 is 0 Å². The number of aromatic nitrogens is 2. The Morgan fingerprint density at radius 3 is 3.31 bits per heavy atom. The van der Waals surface area contributed by atoms with Crippen LogP contribution < -0.4 is 5.32 Å². The van der Waals surface area contributed by atoms with Crippen LogP contribution in [0.5, 0.6) is 0 Å². The highest BCUT2D eigenvalue weighted by Gasteiger charge is 2.26. The molecule has 0 radical (unpaired) electrons. The van der Waals surface area contributed by atoms with E-state index in [1.165, 1.54) is 25.0 Å². The van der Waals surface area contributed by atoms with Crippen molar-refractivity contribution in [3.8, 4) is 0 Å². The van der Waals surface area contributed by atoms with E-state index >= 15 is 0 Å². The van der Waals surface area contributed by atoms with Crippen LogP contribution in [0.3, 0.4) is 0 Å². The highest BCUT2D eigenvalue weighted by atomic mass is 32.1. The third-order valence-corrected chi connectivity index (χ3v) is 4.42. The van der Waals surface area contributed by atoms with Gasteiger partial charge in [-0.05, 0) is 32.2 Å². The second-order valence-corrected chi connectivity index (χ2v) is 5.49. The van der Waals surface area contributed by atoms with Crippen LogP contribution in [0.25, 0.3) is 4.96 Å². The Kier molecular flexibility index (Phi) is 2.69. The van der Waals surface area contributed by atoms with E-state index in [-0.39, 0.29) is 0 Å². The summed E-state index contributed by atoms with van der Waals surface area (Å²) in [5.74, 6) is 0.773. The molecule has 1 N–H and O–H groups in total. The van der Waals surface area contributed by atoms with E-state index < -0.39 is 0 Å². The van der Waals surface area contributed by atoms with E-state index in [2.05, 4.69) is 39.5 Å². The van der Waals surface area contributed by atoms with Crippen molar-refractivity contribution in [2.75, 3.05) is 7.05 Å². The summed E-state index contributed by atoms with van der Waals surface area (Å²) in [6.45, 7) is 0. The van der Waals surface area contributed by atoms with Crippen molar-refractivity contribution in [3.05, 3.63) is 23.5 Å². The molecule has 16 heavy (non-hydrogen) atoms. The van der Waals surface area contributed by atoms with Gasteiger partial charge in [-0.3, -0.25) is 4.40 Å². The minimum Gasteiger partial charge on any atom is -0.317 e. The van der Waals surface area contributed by atoms with Gasteiger partial charge in [0.15, 0.2) is 4.96 Å². The molecule has 3 rings (SSSR count). The molecule has 1 aliphatic carbocycles. The first kappa shape index (κ1) is 10.3. The molecule has 0 bridgehead atoms. The van der Waals surface area contributed by atoms with E-state index in [1.807, 2.05) is 0 Å². The summed E-state index contributed by atoms with van der Waals surface area (Å²) in [6.07, 6.45) is 9.41. The number of thiazole rings is 1. The number of nitrogens with one attached hydrogen (secondary N) is 1. The Labute approximate surface area is 99.5 Å². The third kappa shape index (κ3) is 1.76. The fourth-order valence-corrected chi connectivity index (χ4v) is 3.52. The van der Waals surface area contributed by atoms with Crippen LogP contribution in [0.15, 0.2) is 17.8 Å².